The van der Waals surface area contributed by atoms with Crippen LogP contribution in [-0.4, -0.2) is 37.2 Å². The molecule has 0 radical (unpaired) electrons. The van der Waals surface area contributed by atoms with E-state index in [0.29, 0.717) is 19.3 Å². The second-order valence-corrected chi connectivity index (χ2v) is 16.9. The van der Waals surface area contributed by atoms with E-state index in [9.17, 15) is 14.4 Å². The number of unbranched alkanes of at least 4 members (excludes halogenated alkanes) is 24. The van der Waals surface area contributed by atoms with Crippen LogP contribution in [0.2, 0.25) is 0 Å². The quantitative estimate of drug-likeness (QED) is 0.0262. The molecule has 6 heteroatoms. The van der Waals surface area contributed by atoms with Crippen molar-refractivity contribution in [3.8, 4) is 0 Å². The molecule has 0 aromatic rings. The maximum Gasteiger partial charge on any atom is 0.306 e. The molecule has 6 nitrogen and oxygen atoms in total. The Morgan fingerprint density at radius 3 is 1.02 bits per heavy atom. The highest BCUT2D eigenvalue weighted by molar-refractivity contribution is 5.71. The Morgan fingerprint density at radius 1 is 0.333 bits per heavy atom. The van der Waals surface area contributed by atoms with Gasteiger partial charge in [0, 0.05) is 19.3 Å². The van der Waals surface area contributed by atoms with Gasteiger partial charge < -0.3 is 14.2 Å². The number of ether oxygens (including phenoxy) is 3. The molecule has 0 aliphatic carbocycles. The van der Waals surface area contributed by atoms with Gasteiger partial charge in [0.1, 0.15) is 13.2 Å². The minimum atomic E-state index is -0.802. The molecule has 0 aromatic heterocycles. The average molecular weight is 875 g/mol. The van der Waals surface area contributed by atoms with E-state index in [1.165, 1.54) is 89.9 Å². The van der Waals surface area contributed by atoms with E-state index >= 15 is 0 Å². The minimum Gasteiger partial charge on any atom is -0.462 e. The molecule has 0 saturated carbocycles. The summed E-state index contributed by atoms with van der Waals surface area (Å²) in [6, 6.07) is 0. The van der Waals surface area contributed by atoms with Crippen LogP contribution < -0.4 is 0 Å². The molecule has 0 amide bonds. The third-order valence-electron chi connectivity index (χ3n) is 10.8. The van der Waals surface area contributed by atoms with Crippen molar-refractivity contribution in [1.82, 2.24) is 0 Å². The normalized spacial score (nSPS) is 12.9. The van der Waals surface area contributed by atoms with Crippen LogP contribution in [0.25, 0.3) is 0 Å². The van der Waals surface area contributed by atoms with Crippen molar-refractivity contribution in [2.45, 2.75) is 232 Å². The topological polar surface area (TPSA) is 78.9 Å². The van der Waals surface area contributed by atoms with Crippen LogP contribution >= 0.6 is 0 Å². The lowest BCUT2D eigenvalue weighted by molar-refractivity contribution is -0.167. The van der Waals surface area contributed by atoms with Gasteiger partial charge in [-0.3, -0.25) is 14.4 Å². The zero-order chi connectivity index (χ0) is 45.8. The van der Waals surface area contributed by atoms with E-state index in [1.807, 2.05) is 36.5 Å². The molecule has 1 unspecified atom stereocenters. The standard InChI is InChI=1S/C57H94O6/c1-4-7-10-13-16-19-22-25-27-28-29-30-33-35-38-41-44-47-50-56(59)62-53-54(52-61-55(58)49-46-43-40-37-34-31-24-21-18-15-12-9-6-3)63-57(60)51-48-45-42-39-36-32-26-23-20-17-14-11-8-5-2/h9,12,15-16,18-19,21-22,24-25,27-31,34,54H,4-8,10-11,13-14,17,20,23,26,32-33,35-53H2,1-3H3/b12-9+,18-15+,19-16+,24-21+,25-22+,28-27+,30-29+,34-31+. The van der Waals surface area contributed by atoms with Crippen molar-refractivity contribution in [3.63, 3.8) is 0 Å². The number of rotatable bonds is 45. The zero-order valence-electron chi connectivity index (χ0n) is 40.8. The lowest BCUT2D eigenvalue weighted by atomic mass is 10.0. The Kier molecular flexibility index (Phi) is 48.0. The largest absolute Gasteiger partial charge is 0.462 e. The summed E-state index contributed by atoms with van der Waals surface area (Å²) in [5, 5.41) is 0. The van der Waals surface area contributed by atoms with Crippen LogP contribution in [0.5, 0.6) is 0 Å². The van der Waals surface area contributed by atoms with Gasteiger partial charge in [0.25, 0.3) is 0 Å². The molecule has 0 spiro atoms. The van der Waals surface area contributed by atoms with Crippen LogP contribution in [0, 0.1) is 0 Å². The van der Waals surface area contributed by atoms with Gasteiger partial charge in [0.2, 0.25) is 0 Å². The molecule has 358 valence electrons. The van der Waals surface area contributed by atoms with Crippen molar-refractivity contribution in [1.29, 1.82) is 0 Å². The number of allylic oxidation sites excluding steroid dienone is 16. The van der Waals surface area contributed by atoms with Crippen molar-refractivity contribution in [2.75, 3.05) is 13.2 Å². The van der Waals surface area contributed by atoms with Gasteiger partial charge in [-0.05, 0) is 64.2 Å². The summed E-state index contributed by atoms with van der Waals surface area (Å²) in [6.45, 7) is 6.40. The van der Waals surface area contributed by atoms with Gasteiger partial charge in [-0.15, -0.1) is 0 Å². The Labute approximate surface area is 387 Å². The average Bonchev–Trinajstić information content (AvgIpc) is 3.28. The Balaban J connectivity index is 4.48. The molecule has 0 fully saturated rings. The molecule has 63 heavy (non-hydrogen) atoms. The van der Waals surface area contributed by atoms with E-state index in [4.69, 9.17) is 14.2 Å². The van der Waals surface area contributed by atoms with Crippen molar-refractivity contribution in [3.05, 3.63) is 97.2 Å². The number of hydrogen-bond acceptors (Lipinski definition) is 6. The van der Waals surface area contributed by atoms with Crippen molar-refractivity contribution in [2.24, 2.45) is 0 Å². The third-order valence-corrected chi connectivity index (χ3v) is 10.8. The highest BCUT2D eigenvalue weighted by atomic mass is 16.6. The Bertz CT molecular complexity index is 1280. The summed E-state index contributed by atoms with van der Waals surface area (Å²) in [4.78, 5) is 38.0. The molecular formula is C57H94O6. The Morgan fingerprint density at radius 2 is 0.619 bits per heavy atom. The van der Waals surface area contributed by atoms with Gasteiger partial charge >= 0.3 is 17.9 Å². The molecule has 0 aromatic carbocycles. The minimum absolute atomic E-state index is 0.102. The van der Waals surface area contributed by atoms with Gasteiger partial charge in [0.05, 0.1) is 0 Å². The molecule has 0 aliphatic rings. The van der Waals surface area contributed by atoms with Crippen LogP contribution in [0.4, 0.5) is 0 Å². The van der Waals surface area contributed by atoms with Crippen LogP contribution in [0.3, 0.4) is 0 Å². The highest BCUT2D eigenvalue weighted by Gasteiger charge is 2.19. The maximum absolute atomic E-state index is 12.8. The number of carbonyl (C=O) groups is 3. The first-order chi connectivity index (χ1) is 31.0. The molecule has 0 saturated heterocycles. The van der Waals surface area contributed by atoms with Gasteiger partial charge in [-0.25, -0.2) is 0 Å². The van der Waals surface area contributed by atoms with E-state index in [0.717, 1.165) is 96.3 Å². The summed E-state index contributed by atoms with van der Waals surface area (Å²) in [7, 11) is 0. The maximum atomic E-state index is 12.8. The molecule has 0 rings (SSSR count). The summed E-state index contributed by atoms with van der Waals surface area (Å²) >= 11 is 0. The smallest absolute Gasteiger partial charge is 0.306 e. The van der Waals surface area contributed by atoms with Crippen LogP contribution in [0.15, 0.2) is 97.2 Å². The van der Waals surface area contributed by atoms with E-state index < -0.39 is 6.10 Å². The fourth-order valence-corrected chi connectivity index (χ4v) is 6.88. The monoisotopic (exact) mass is 875 g/mol. The zero-order valence-corrected chi connectivity index (χ0v) is 40.8. The van der Waals surface area contributed by atoms with Gasteiger partial charge in [-0.1, -0.05) is 240 Å². The number of carbonyl (C=O) groups excluding carboxylic acids is 3. The Hall–Kier alpha value is -3.67. The molecular weight excluding hydrogens is 781 g/mol. The summed E-state index contributed by atoms with van der Waals surface area (Å²) in [6.07, 6.45) is 66.7. The summed E-state index contributed by atoms with van der Waals surface area (Å²) in [5.41, 5.74) is 0. The number of hydrogen-bond donors (Lipinski definition) is 0. The second kappa shape index (κ2) is 51.0. The SMILES string of the molecule is CC/C=C/C=C/C=C/C=C/CCCCCC(=O)OCC(COC(=O)CCCCCCC/C=C/C=C/C=C/C=C/CCCCC)OC(=O)CCCCCCCCCCCCCCCC. The summed E-state index contributed by atoms with van der Waals surface area (Å²) < 4.78 is 16.7. The third kappa shape index (κ3) is 49.2. The highest BCUT2D eigenvalue weighted by Crippen LogP contribution is 2.15. The van der Waals surface area contributed by atoms with Crippen LogP contribution in [-0.2, 0) is 28.6 Å². The van der Waals surface area contributed by atoms with Crippen LogP contribution in [0.1, 0.15) is 226 Å². The predicted octanol–water partition coefficient (Wildman–Crippen LogP) is 17.0. The van der Waals surface area contributed by atoms with E-state index in [-0.39, 0.29) is 31.1 Å². The van der Waals surface area contributed by atoms with Crippen molar-refractivity contribution >= 4 is 17.9 Å². The van der Waals surface area contributed by atoms with Gasteiger partial charge in [-0.2, -0.15) is 0 Å². The molecule has 0 aliphatic heterocycles. The fraction of sp³-hybridized carbons (Fsp3) is 0.667. The first kappa shape index (κ1) is 59.3. The van der Waals surface area contributed by atoms with E-state index in [1.54, 1.807) is 0 Å². The van der Waals surface area contributed by atoms with Gasteiger partial charge in [0.15, 0.2) is 6.10 Å². The summed E-state index contributed by atoms with van der Waals surface area (Å²) in [5.74, 6) is -0.963. The lowest BCUT2D eigenvalue weighted by Crippen LogP contribution is -2.30. The first-order valence-corrected chi connectivity index (χ1v) is 25.8. The number of esters is 3. The molecule has 1 atom stereocenters. The fourth-order valence-electron chi connectivity index (χ4n) is 6.88. The molecule has 0 bridgehead atoms. The molecule has 0 heterocycles. The van der Waals surface area contributed by atoms with Crippen molar-refractivity contribution < 1.29 is 28.6 Å². The second-order valence-electron chi connectivity index (χ2n) is 16.9. The molecule has 0 N–H and O–H groups in total. The predicted molar refractivity (Wildman–Crippen MR) is 270 cm³/mol. The van der Waals surface area contributed by atoms with E-state index in [2.05, 4.69) is 81.5 Å². The first-order valence-electron chi connectivity index (χ1n) is 25.8. The lowest BCUT2D eigenvalue weighted by Gasteiger charge is -2.18.